The number of allylic oxidation sites excluding steroid dienone is 1. The van der Waals surface area contributed by atoms with E-state index in [0.717, 1.165) is 29.4 Å². The Balaban J connectivity index is 2.21. The lowest BCUT2D eigenvalue weighted by molar-refractivity contribution is 1.47. The van der Waals surface area contributed by atoms with Gasteiger partial charge >= 0.3 is 0 Å². The summed E-state index contributed by atoms with van der Waals surface area (Å²) in [5.74, 6) is 0. The average Bonchev–Trinajstić information content (AvgIpc) is 2.42. The Hall–Kier alpha value is -0.290. The molecule has 2 aromatic rings. The van der Waals surface area contributed by atoms with Crippen LogP contribution in [0.3, 0.4) is 0 Å². The molecule has 0 heterocycles. The van der Waals surface area contributed by atoms with Gasteiger partial charge in [0, 0.05) is 18.3 Å². The van der Waals surface area contributed by atoms with Crippen molar-refractivity contribution in [1.29, 1.82) is 0 Å². The molecular weight excluding hydrogens is 464 g/mol. The van der Waals surface area contributed by atoms with Crippen LogP contribution in [0.1, 0.15) is 16.7 Å². The van der Waals surface area contributed by atoms with E-state index in [1.54, 1.807) is 0 Å². The van der Waals surface area contributed by atoms with E-state index in [0.29, 0.717) is 0 Å². The quantitative estimate of drug-likeness (QED) is 0.206. The van der Waals surface area contributed by atoms with Gasteiger partial charge in [-0.05, 0) is 84.0 Å². The monoisotopic (exact) mass is 472 g/mol. The van der Waals surface area contributed by atoms with Crippen molar-refractivity contribution in [2.75, 3.05) is 0 Å². The van der Waals surface area contributed by atoms with Gasteiger partial charge in [0.05, 0.1) is 0 Å². The van der Waals surface area contributed by atoms with Crippen LogP contribution in [0.4, 0.5) is 0 Å². The Morgan fingerprint density at radius 1 is 1.00 bits per heavy atom. The van der Waals surface area contributed by atoms with Gasteiger partial charge in [0.1, 0.15) is 0 Å². The molecule has 0 bridgehead atoms. The molecule has 102 valence electrons. The maximum Gasteiger partial charge on any atom is 0.0459 e. The second-order valence-corrected chi connectivity index (χ2v) is 7.30. The molecule has 0 saturated heterocycles. The number of benzene rings is 2. The molecule has 0 saturated carbocycles. The van der Waals surface area contributed by atoms with E-state index in [4.69, 9.17) is 12.2 Å². The minimum absolute atomic E-state index is 0.833. The number of rotatable bonds is 3. The SMILES string of the molecule is Cc1ccc(C(=S)C=Cc2cc(Br)c(Br)c(Br)c2)cc1. The molecule has 0 unspecified atom stereocenters. The third kappa shape index (κ3) is 4.10. The van der Waals surface area contributed by atoms with Gasteiger partial charge in [-0.2, -0.15) is 0 Å². The smallest absolute Gasteiger partial charge is 0.0459 e. The highest BCUT2D eigenvalue weighted by atomic mass is 79.9. The van der Waals surface area contributed by atoms with Crippen molar-refractivity contribution in [2.24, 2.45) is 0 Å². The molecule has 2 rings (SSSR count). The number of aryl methyl sites for hydroxylation is 1. The van der Waals surface area contributed by atoms with Gasteiger partial charge in [-0.1, -0.05) is 48.1 Å². The molecule has 2 aromatic carbocycles. The second kappa shape index (κ2) is 7.12. The summed E-state index contributed by atoms with van der Waals surface area (Å²) in [6, 6.07) is 12.3. The van der Waals surface area contributed by atoms with E-state index < -0.39 is 0 Å². The standard InChI is InChI=1S/C16H11Br3S/c1-10-2-5-12(6-3-10)15(20)7-4-11-8-13(17)16(19)14(18)9-11/h2-9H,1H3. The molecule has 0 aliphatic heterocycles. The van der Waals surface area contributed by atoms with Crippen LogP contribution < -0.4 is 0 Å². The molecule has 0 aliphatic rings. The minimum atomic E-state index is 0.833. The number of thiocarbonyl (C=S) groups is 1. The van der Waals surface area contributed by atoms with E-state index in [2.05, 4.69) is 79.0 Å². The van der Waals surface area contributed by atoms with Gasteiger partial charge in [-0.3, -0.25) is 0 Å². The van der Waals surface area contributed by atoms with Gasteiger partial charge < -0.3 is 0 Å². The summed E-state index contributed by atoms with van der Waals surface area (Å²) < 4.78 is 3.02. The summed E-state index contributed by atoms with van der Waals surface area (Å²) in [6.07, 6.45) is 3.98. The van der Waals surface area contributed by atoms with E-state index in [1.807, 2.05) is 24.3 Å². The zero-order chi connectivity index (χ0) is 14.7. The fourth-order valence-electron chi connectivity index (χ4n) is 1.66. The van der Waals surface area contributed by atoms with Crippen molar-refractivity contribution >= 4 is 70.9 Å². The maximum atomic E-state index is 5.43. The predicted octanol–water partition coefficient (Wildman–Crippen LogP) is 6.71. The Morgan fingerprint density at radius 2 is 1.55 bits per heavy atom. The summed E-state index contributed by atoms with van der Waals surface area (Å²) in [4.78, 5) is 0.833. The van der Waals surface area contributed by atoms with E-state index in [9.17, 15) is 0 Å². The third-order valence-corrected chi connectivity index (χ3v) is 6.31. The fourth-order valence-corrected chi connectivity index (χ4v) is 3.31. The van der Waals surface area contributed by atoms with Gasteiger partial charge in [0.15, 0.2) is 0 Å². The Kier molecular flexibility index (Phi) is 5.73. The molecule has 0 nitrogen and oxygen atoms in total. The minimum Gasteiger partial charge on any atom is -0.0795 e. The Labute approximate surface area is 149 Å². The van der Waals surface area contributed by atoms with Crippen molar-refractivity contribution in [1.82, 2.24) is 0 Å². The van der Waals surface area contributed by atoms with Crippen molar-refractivity contribution in [3.63, 3.8) is 0 Å². The molecule has 0 spiro atoms. The van der Waals surface area contributed by atoms with Crippen molar-refractivity contribution in [3.8, 4) is 0 Å². The predicted molar refractivity (Wildman–Crippen MR) is 101 cm³/mol. The summed E-state index contributed by atoms with van der Waals surface area (Å²) in [7, 11) is 0. The highest BCUT2D eigenvalue weighted by Gasteiger charge is 2.03. The molecule has 0 atom stereocenters. The van der Waals surface area contributed by atoms with E-state index in [-0.39, 0.29) is 0 Å². The number of halogens is 3. The first-order valence-corrected chi connectivity index (χ1v) is 8.70. The van der Waals surface area contributed by atoms with Crippen LogP contribution in [0.25, 0.3) is 6.08 Å². The van der Waals surface area contributed by atoms with Gasteiger partial charge in [0.2, 0.25) is 0 Å². The Bertz CT molecular complexity index is 650. The fraction of sp³-hybridized carbons (Fsp3) is 0.0625. The van der Waals surface area contributed by atoms with Crippen LogP contribution in [0.15, 0.2) is 55.9 Å². The lowest BCUT2D eigenvalue weighted by Gasteiger charge is -2.03. The first-order valence-electron chi connectivity index (χ1n) is 5.91. The molecule has 0 radical (unpaired) electrons. The summed E-state index contributed by atoms with van der Waals surface area (Å²) in [6.45, 7) is 2.07. The van der Waals surface area contributed by atoms with Crippen LogP contribution in [0.5, 0.6) is 0 Å². The van der Waals surface area contributed by atoms with E-state index in [1.165, 1.54) is 5.56 Å². The first kappa shape index (κ1) is 16.1. The van der Waals surface area contributed by atoms with Crippen LogP contribution in [0, 0.1) is 6.92 Å². The molecule has 0 aromatic heterocycles. The lowest BCUT2D eigenvalue weighted by Crippen LogP contribution is -1.92. The first-order chi connectivity index (χ1) is 9.47. The van der Waals surface area contributed by atoms with Gasteiger partial charge in [0.25, 0.3) is 0 Å². The third-order valence-electron chi connectivity index (χ3n) is 2.77. The van der Waals surface area contributed by atoms with Crippen LogP contribution in [-0.4, -0.2) is 4.86 Å². The summed E-state index contributed by atoms with van der Waals surface area (Å²) in [5.41, 5.74) is 3.39. The molecule has 20 heavy (non-hydrogen) atoms. The van der Waals surface area contributed by atoms with Gasteiger partial charge in [-0.15, -0.1) is 0 Å². The second-order valence-electron chi connectivity index (χ2n) is 4.36. The number of hydrogen-bond acceptors (Lipinski definition) is 1. The van der Waals surface area contributed by atoms with Crippen molar-refractivity contribution in [3.05, 3.63) is 72.6 Å². The number of hydrogen-bond donors (Lipinski definition) is 0. The molecular formula is C16H11Br3S. The summed E-state index contributed by atoms with van der Waals surface area (Å²) in [5, 5.41) is 0. The zero-order valence-electron chi connectivity index (χ0n) is 10.7. The normalized spacial score (nSPS) is 11.0. The van der Waals surface area contributed by atoms with Gasteiger partial charge in [-0.25, -0.2) is 0 Å². The van der Waals surface area contributed by atoms with Crippen LogP contribution in [-0.2, 0) is 0 Å². The van der Waals surface area contributed by atoms with Crippen LogP contribution in [0.2, 0.25) is 0 Å². The topological polar surface area (TPSA) is 0 Å². The molecule has 0 N–H and O–H groups in total. The zero-order valence-corrected chi connectivity index (χ0v) is 16.2. The molecule has 0 amide bonds. The molecule has 0 aliphatic carbocycles. The average molecular weight is 475 g/mol. The van der Waals surface area contributed by atoms with Crippen molar-refractivity contribution in [2.45, 2.75) is 6.92 Å². The molecule has 0 fully saturated rings. The van der Waals surface area contributed by atoms with Crippen LogP contribution >= 0.6 is 60.0 Å². The molecule has 4 heteroatoms. The lowest BCUT2D eigenvalue weighted by atomic mass is 10.1. The highest BCUT2D eigenvalue weighted by Crippen LogP contribution is 2.32. The summed E-state index contributed by atoms with van der Waals surface area (Å²) >= 11 is 16.0. The Morgan fingerprint density at radius 3 is 2.10 bits per heavy atom. The van der Waals surface area contributed by atoms with E-state index >= 15 is 0 Å². The largest absolute Gasteiger partial charge is 0.0795 e. The maximum absolute atomic E-state index is 5.43. The van der Waals surface area contributed by atoms with Crippen molar-refractivity contribution < 1.29 is 0 Å². The highest BCUT2D eigenvalue weighted by molar-refractivity contribution is 9.14.